The molecular weight excluding hydrogens is 498 g/mol. The van der Waals surface area contributed by atoms with E-state index in [2.05, 4.69) is 63.2 Å². The molecule has 1 fully saturated rings. The summed E-state index contributed by atoms with van der Waals surface area (Å²) in [6.07, 6.45) is 4.87. The lowest BCUT2D eigenvalue weighted by Gasteiger charge is -2.22. The third-order valence-electron chi connectivity index (χ3n) is 6.99. The zero-order chi connectivity index (χ0) is 27.1. The molecule has 200 valence electrons. The number of hydrogen-bond acceptors (Lipinski definition) is 7. The molecule has 1 aliphatic heterocycles. The smallest absolute Gasteiger partial charge is 0.237 e. The lowest BCUT2D eigenvalue weighted by Crippen LogP contribution is -2.33. The van der Waals surface area contributed by atoms with Gasteiger partial charge in [0.25, 0.3) is 0 Å². The molecule has 1 saturated heterocycles. The van der Waals surface area contributed by atoms with E-state index in [-0.39, 0.29) is 0 Å². The van der Waals surface area contributed by atoms with Crippen LogP contribution in [0.15, 0.2) is 67.0 Å². The summed E-state index contributed by atoms with van der Waals surface area (Å²) >= 11 is 0. The third kappa shape index (κ3) is 5.32. The Morgan fingerprint density at radius 1 is 1.00 bits per heavy atom. The second-order valence-electron chi connectivity index (χ2n) is 11.0. The highest BCUT2D eigenvalue weighted by Gasteiger charge is 2.29. The van der Waals surface area contributed by atoms with Gasteiger partial charge in [-0.15, -0.1) is 0 Å². The molecule has 4 aromatic rings. The predicted molar refractivity (Wildman–Crippen MR) is 155 cm³/mol. The molecule has 1 aliphatic rings. The van der Waals surface area contributed by atoms with E-state index in [4.69, 9.17) is 4.98 Å². The van der Waals surface area contributed by atoms with Gasteiger partial charge >= 0.3 is 0 Å². The van der Waals surface area contributed by atoms with E-state index >= 15 is 0 Å². The molecule has 0 saturated carbocycles. The molecule has 2 aromatic heterocycles. The summed E-state index contributed by atoms with van der Waals surface area (Å²) in [6, 6.07) is 18.2. The average molecular weight is 534 g/mol. The van der Waals surface area contributed by atoms with Crippen LogP contribution in [0.2, 0.25) is 0 Å². The van der Waals surface area contributed by atoms with Crippen LogP contribution in [-0.4, -0.2) is 65.8 Å². The van der Waals surface area contributed by atoms with Gasteiger partial charge in [-0.3, -0.25) is 4.72 Å². The monoisotopic (exact) mass is 533 g/mol. The lowest BCUT2D eigenvalue weighted by molar-refractivity contribution is 0.315. The molecule has 0 amide bonds. The molecule has 1 unspecified atom stereocenters. The fourth-order valence-electron chi connectivity index (χ4n) is 4.50. The van der Waals surface area contributed by atoms with Crippen molar-refractivity contribution in [1.29, 1.82) is 0 Å². The number of likely N-dealkylation sites (N-methyl/N-ethyl adjacent to an activating group) is 1. The minimum absolute atomic E-state index is 0.489. The van der Waals surface area contributed by atoms with Crippen molar-refractivity contribution in [3.8, 4) is 5.69 Å². The Balaban J connectivity index is 1.35. The second-order valence-corrected chi connectivity index (χ2v) is 13.4. The molecule has 0 bridgehead atoms. The molecule has 2 aromatic carbocycles. The average Bonchev–Trinajstić information content (AvgIpc) is 3.52. The van der Waals surface area contributed by atoms with Crippen molar-refractivity contribution in [3.05, 3.63) is 67.0 Å². The maximum atomic E-state index is 12.6. The first-order chi connectivity index (χ1) is 18.0. The zero-order valence-corrected chi connectivity index (χ0v) is 23.3. The number of rotatable bonds is 7. The molecule has 10 heteroatoms. The van der Waals surface area contributed by atoms with Gasteiger partial charge in [0.15, 0.2) is 0 Å². The number of nitrogens with one attached hydrogen (secondary N) is 2. The summed E-state index contributed by atoms with van der Waals surface area (Å²) in [5.41, 5.74) is 4.15. The van der Waals surface area contributed by atoms with Crippen LogP contribution in [0.5, 0.6) is 0 Å². The van der Waals surface area contributed by atoms with Crippen molar-refractivity contribution in [1.82, 2.24) is 19.4 Å². The van der Waals surface area contributed by atoms with E-state index in [1.807, 2.05) is 29.0 Å². The highest BCUT2D eigenvalue weighted by Crippen LogP contribution is 2.27. The van der Waals surface area contributed by atoms with Crippen LogP contribution in [0.25, 0.3) is 16.7 Å². The molecule has 1 atom stereocenters. The van der Waals surface area contributed by atoms with Gasteiger partial charge in [0.05, 0.1) is 10.4 Å². The molecule has 3 heterocycles. The first-order valence-corrected chi connectivity index (χ1v) is 14.2. The number of benzene rings is 2. The molecule has 38 heavy (non-hydrogen) atoms. The molecule has 0 spiro atoms. The Bertz CT molecular complexity index is 1540. The summed E-state index contributed by atoms with van der Waals surface area (Å²) in [5.74, 6) is 0.489. The molecule has 5 rings (SSSR count). The van der Waals surface area contributed by atoms with Gasteiger partial charge in [-0.25, -0.2) is 13.4 Å². The minimum atomic E-state index is -3.54. The van der Waals surface area contributed by atoms with E-state index in [1.54, 1.807) is 39.1 Å². The van der Waals surface area contributed by atoms with E-state index < -0.39 is 14.8 Å². The number of anilines is 4. The molecule has 0 radical (unpaired) electrons. The third-order valence-corrected chi connectivity index (χ3v) is 9.11. The summed E-state index contributed by atoms with van der Waals surface area (Å²) < 4.78 is 29.0. The van der Waals surface area contributed by atoms with E-state index in [0.717, 1.165) is 35.5 Å². The summed E-state index contributed by atoms with van der Waals surface area (Å²) in [4.78, 5) is 14.0. The van der Waals surface area contributed by atoms with E-state index in [1.165, 1.54) is 12.1 Å². The highest BCUT2D eigenvalue weighted by atomic mass is 32.2. The summed E-state index contributed by atoms with van der Waals surface area (Å²) in [5, 5.41) is 4.20. The predicted octanol–water partition coefficient (Wildman–Crippen LogP) is 4.84. The fourth-order valence-corrected chi connectivity index (χ4v) is 5.24. The lowest BCUT2D eigenvalue weighted by atomic mass is 10.2. The minimum Gasteiger partial charge on any atom is -0.370 e. The van der Waals surface area contributed by atoms with E-state index in [0.29, 0.717) is 17.7 Å². The van der Waals surface area contributed by atoms with Crippen molar-refractivity contribution in [2.24, 2.45) is 0 Å². The Hall–Kier alpha value is -3.63. The van der Waals surface area contributed by atoms with Crippen LogP contribution in [0.4, 0.5) is 23.0 Å². The summed E-state index contributed by atoms with van der Waals surface area (Å²) in [7, 11) is 0.741. The van der Waals surface area contributed by atoms with Crippen LogP contribution < -0.4 is 14.9 Å². The first-order valence-electron chi connectivity index (χ1n) is 12.8. The topological polar surface area (TPSA) is 95.4 Å². The highest BCUT2D eigenvalue weighted by molar-refractivity contribution is 7.94. The number of hydrogen-bond donors (Lipinski definition) is 2. The van der Waals surface area contributed by atoms with Gasteiger partial charge in [-0.05, 0) is 89.8 Å². The molecule has 2 N–H and O–H groups in total. The largest absolute Gasteiger partial charge is 0.370 e. The quantitative estimate of drug-likeness (QED) is 0.351. The van der Waals surface area contributed by atoms with Crippen molar-refractivity contribution < 1.29 is 8.42 Å². The second kappa shape index (κ2) is 9.92. The van der Waals surface area contributed by atoms with Crippen molar-refractivity contribution in [2.75, 3.05) is 42.1 Å². The van der Waals surface area contributed by atoms with Crippen LogP contribution in [0.1, 0.15) is 27.2 Å². The SMILES string of the molecule is CN(C)C1CCN(c2ccc(Nc3ncc4ccn(-c5cccc(NS(=O)(=O)C(C)(C)C)c5)c4n3)cc2)C1. The molecule has 0 aliphatic carbocycles. The normalized spacial score (nSPS) is 16.4. The van der Waals surface area contributed by atoms with Crippen molar-refractivity contribution >= 4 is 44.1 Å². The van der Waals surface area contributed by atoms with Gasteiger partial charge in [-0.1, -0.05) is 6.07 Å². The Kier molecular flexibility index (Phi) is 6.79. The van der Waals surface area contributed by atoms with Gasteiger partial charge in [0, 0.05) is 54.0 Å². The van der Waals surface area contributed by atoms with Crippen molar-refractivity contribution in [2.45, 2.75) is 38.0 Å². The van der Waals surface area contributed by atoms with Gasteiger partial charge in [0.2, 0.25) is 16.0 Å². The van der Waals surface area contributed by atoms with Crippen molar-refractivity contribution in [3.63, 3.8) is 0 Å². The Morgan fingerprint density at radius 3 is 2.45 bits per heavy atom. The van der Waals surface area contributed by atoms with Crippen LogP contribution in [0.3, 0.4) is 0 Å². The first kappa shape index (κ1) is 26.0. The Labute approximate surface area is 224 Å². The fraction of sp³-hybridized carbons (Fsp3) is 0.357. The zero-order valence-electron chi connectivity index (χ0n) is 22.5. The number of aromatic nitrogens is 3. The van der Waals surface area contributed by atoms with Gasteiger partial charge in [-0.2, -0.15) is 4.98 Å². The molecule has 9 nitrogen and oxygen atoms in total. The van der Waals surface area contributed by atoms with Crippen LogP contribution in [0, 0.1) is 0 Å². The van der Waals surface area contributed by atoms with Gasteiger partial charge < -0.3 is 19.7 Å². The van der Waals surface area contributed by atoms with Gasteiger partial charge in [0.1, 0.15) is 5.65 Å². The maximum Gasteiger partial charge on any atom is 0.237 e. The summed E-state index contributed by atoms with van der Waals surface area (Å²) in [6.45, 7) is 7.11. The van der Waals surface area contributed by atoms with Crippen LogP contribution >= 0.6 is 0 Å². The maximum absolute atomic E-state index is 12.6. The Morgan fingerprint density at radius 2 is 1.76 bits per heavy atom. The van der Waals surface area contributed by atoms with Crippen LogP contribution in [-0.2, 0) is 10.0 Å². The number of fused-ring (bicyclic) bond motifs is 1. The standard InChI is InChI=1S/C28H35N7O2S/c1-28(2,3)38(36,37)32-22-7-6-8-24(17-22)35-16-13-20-18-29-27(31-26(20)35)30-21-9-11-23(12-10-21)34-15-14-25(19-34)33(4)5/h6-13,16-18,25,32H,14-15,19H2,1-5H3,(H,29,30,31). The molecular formula is C28H35N7O2S. The number of sulfonamides is 1. The van der Waals surface area contributed by atoms with E-state index in [9.17, 15) is 8.42 Å². The number of nitrogens with zero attached hydrogens (tertiary/aromatic N) is 5.